The molecule has 1 nitrogen and oxygen atoms in total. The van der Waals surface area contributed by atoms with E-state index in [4.69, 9.17) is 4.74 Å². The quantitative estimate of drug-likeness (QED) is 0.217. The Bertz CT molecular complexity index is 1470. The summed E-state index contributed by atoms with van der Waals surface area (Å²) in [5, 5.41) is 0. The first-order valence-corrected chi connectivity index (χ1v) is 18.4. The van der Waals surface area contributed by atoms with Gasteiger partial charge in [-0.3, -0.25) is 0 Å². The molecule has 222 valence electrons. The van der Waals surface area contributed by atoms with Crippen LogP contribution in [0.4, 0.5) is 0 Å². The molecule has 0 amide bonds. The standard InChI is InChI=1S/C40H50OS/c1-38(2,3)41-28-18-8-7-9-19-29-42(6,39(4)34-24-14-10-20-30(34)31-21-11-15-25-35(31)39)40(5)36-26-16-12-22-32(36)33-23-13-17-27-37(33)40/h10-16,20-26H,7-9,17-19,27-29H2,1-6H3. The van der Waals surface area contributed by atoms with Gasteiger partial charge in [-0.25, -0.2) is 10.0 Å². The number of hydrogen-bond acceptors (Lipinski definition) is 1. The van der Waals surface area contributed by atoms with Crippen molar-refractivity contribution in [3.05, 3.63) is 113 Å². The molecule has 2 atom stereocenters. The lowest BCUT2D eigenvalue weighted by Crippen LogP contribution is -2.43. The first kappa shape index (κ1) is 29.5. The van der Waals surface area contributed by atoms with E-state index < -0.39 is 10.0 Å². The molecule has 0 fully saturated rings. The van der Waals surface area contributed by atoms with Crippen LogP contribution >= 0.6 is 10.0 Å². The molecule has 0 heterocycles. The number of allylic oxidation sites excluding steroid dienone is 3. The fourth-order valence-corrected chi connectivity index (χ4v) is 13.5. The maximum atomic E-state index is 6.00. The minimum Gasteiger partial charge on any atom is -0.376 e. The zero-order chi connectivity index (χ0) is 29.6. The van der Waals surface area contributed by atoms with Crippen molar-refractivity contribution in [3.8, 4) is 11.1 Å². The van der Waals surface area contributed by atoms with Crippen molar-refractivity contribution in [1.82, 2.24) is 0 Å². The predicted octanol–water partition coefficient (Wildman–Crippen LogP) is 11.2. The summed E-state index contributed by atoms with van der Waals surface area (Å²) in [6, 6.07) is 28.1. The summed E-state index contributed by atoms with van der Waals surface area (Å²) in [6.07, 6.45) is 16.2. The number of unbranched alkanes of at least 4 members (excludes halogenated alkanes) is 4. The highest BCUT2D eigenvalue weighted by molar-refractivity contribution is 8.34. The largest absolute Gasteiger partial charge is 0.376 e. The lowest BCUT2D eigenvalue weighted by Gasteiger charge is -2.61. The van der Waals surface area contributed by atoms with Gasteiger partial charge in [-0.15, -0.1) is 0 Å². The number of hydrogen-bond donors (Lipinski definition) is 0. The maximum Gasteiger partial charge on any atom is 0.0598 e. The van der Waals surface area contributed by atoms with Crippen LogP contribution in [-0.4, -0.2) is 24.2 Å². The van der Waals surface area contributed by atoms with E-state index in [0.717, 1.165) is 19.4 Å². The third-order valence-electron chi connectivity index (χ3n) is 10.7. The van der Waals surface area contributed by atoms with E-state index in [9.17, 15) is 0 Å². The second-order valence-electron chi connectivity index (χ2n) is 14.1. The van der Waals surface area contributed by atoms with Crippen LogP contribution < -0.4 is 0 Å². The molecule has 3 aliphatic rings. The number of fused-ring (bicyclic) bond motifs is 5. The zero-order valence-corrected chi connectivity index (χ0v) is 27.6. The molecule has 3 aromatic rings. The van der Waals surface area contributed by atoms with Gasteiger partial charge in [0.05, 0.1) is 5.60 Å². The van der Waals surface area contributed by atoms with Crippen LogP contribution in [0.5, 0.6) is 0 Å². The molecule has 2 heteroatoms. The molecule has 42 heavy (non-hydrogen) atoms. The minimum atomic E-state index is -1.34. The highest BCUT2D eigenvalue weighted by Gasteiger charge is 2.60. The second-order valence-corrected chi connectivity index (χ2v) is 18.3. The molecule has 0 spiro atoms. The molecular weight excluding hydrogens is 529 g/mol. The minimum absolute atomic E-state index is 0.0174. The van der Waals surface area contributed by atoms with Crippen LogP contribution in [0.2, 0.25) is 0 Å². The third kappa shape index (κ3) is 4.56. The zero-order valence-electron chi connectivity index (χ0n) is 26.8. The molecule has 3 aliphatic carbocycles. The normalized spacial score (nSPS) is 22.2. The summed E-state index contributed by atoms with van der Waals surface area (Å²) in [4.78, 5) is 0. The van der Waals surface area contributed by atoms with Crippen LogP contribution in [0.15, 0.2) is 90.5 Å². The van der Waals surface area contributed by atoms with Gasteiger partial charge in [0.1, 0.15) is 0 Å². The molecule has 0 saturated heterocycles. The van der Waals surface area contributed by atoms with Gasteiger partial charge in [-0.05, 0) is 117 Å². The number of rotatable bonds is 10. The van der Waals surface area contributed by atoms with Crippen molar-refractivity contribution in [2.45, 2.75) is 94.7 Å². The van der Waals surface area contributed by atoms with Crippen molar-refractivity contribution in [3.63, 3.8) is 0 Å². The van der Waals surface area contributed by atoms with Gasteiger partial charge < -0.3 is 4.74 Å². The Labute approximate surface area is 256 Å². The third-order valence-corrected chi connectivity index (χ3v) is 16.3. The Balaban J connectivity index is 1.41. The second kappa shape index (κ2) is 11.2. The predicted molar refractivity (Wildman–Crippen MR) is 185 cm³/mol. The summed E-state index contributed by atoms with van der Waals surface area (Å²) in [6.45, 7) is 12.6. The van der Waals surface area contributed by atoms with Gasteiger partial charge in [0.15, 0.2) is 0 Å². The highest BCUT2D eigenvalue weighted by Crippen LogP contribution is 2.81. The van der Waals surface area contributed by atoms with Crippen LogP contribution in [0.3, 0.4) is 0 Å². The lowest BCUT2D eigenvalue weighted by atomic mass is 9.91. The summed E-state index contributed by atoms with van der Waals surface area (Å²) in [5.41, 5.74) is 12.2. The summed E-state index contributed by atoms with van der Waals surface area (Å²) in [7, 11) is -1.34. The highest BCUT2D eigenvalue weighted by atomic mass is 32.3. The van der Waals surface area contributed by atoms with Crippen LogP contribution in [0.1, 0.15) is 102 Å². The van der Waals surface area contributed by atoms with Crippen LogP contribution in [0, 0.1) is 0 Å². The first-order valence-electron chi connectivity index (χ1n) is 16.2. The molecule has 0 aliphatic heterocycles. The SMILES string of the molecule is CC(C)(C)OCCCCCCCS(C)(C1(C)C2=C(C=CCC2)c2ccccc21)C1(C)c2ccccc2-c2ccccc21. The Morgan fingerprint density at radius 3 is 1.83 bits per heavy atom. The van der Waals surface area contributed by atoms with E-state index in [1.165, 1.54) is 60.1 Å². The van der Waals surface area contributed by atoms with Crippen molar-refractivity contribution in [2.24, 2.45) is 0 Å². The average molecular weight is 579 g/mol. The Morgan fingerprint density at radius 2 is 1.21 bits per heavy atom. The molecule has 6 rings (SSSR count). The lowest BCUT2D eigenvalue weighted by molar-refractivity contribution is -0.00474. The van der Waals surface area contributed by atoms with Crippen molar-refractivity contribution in [1.29, 1.82) is 0 Å². The summed E-state index contributed by atoms with van der Waals surface area (Å²) < 4.78 is 5.98. The van der Waals surface area contributed by atoms with E-state index in [-0.39, 0.29) is 15.1 Å². The van der Waals surface area contributed by atoms with E-state index >= 15 is 0 Å². The molecule has 0 bridgehead atoms. The van der Waals surface area contributed by atoms with E-state index in [1.54, 1.807) is 22.3 Å². The smallest absolute Gasteiger partial charge is 0.0598 e. The fraction of sp³-hybridized carbons (Fsp3) is 0.450. The van der Waals surface area contributed by atoms with Crippen LogP contribution in [-0.2, 0) is 14.2 Å². The molecule has 0 aromatic heterocycles. The van der Waals surface area contributed by atoms with E-state index in [2.05, 4.69) is 126 Å². The van der Waals surface area contributed by atoms with Crippen molar-refractivity contribution in [2.75, 3.05) is 18.6 Å². The van der Waals surface area contributed by atoms with Gasteiger partial charge in [0.2, 0.25) is 0 Å². The molecule has 3 aromatic carbocycles. The molecular formula is C40H50OS. The Kier molecular flexibility index (Phi) is 7.86. The molecule has 0 saturated carbocycles. The summed E-state index contributed by atoms with van der Waals surface area (Å²) >= 11 is 0. The van der Waals surface area contributed by atoms with Crippen LogP contribution in [0.25, 0.3) is 16.7 Å². The average Bonchev–Trinajstić information content (AvgIpc) is 3.42. The van der Waals surface area contributed by atoms with Gasteiger partial charge in [-0.1, -0.05) is 104 Å². The van der Waals surface area contributed by atoms with Gasteiger partial charge in [0.25, 0.3) is 0 Å². The number of ether oxygens (including phenoxy) is 1. The number of benzene rings is 3. The van der Waals surface area contributed by atoms with Gasteiger partial charge >= 0.3 is 0 Å². The molecule has 0 N–H and O–H groups in total. The summed E-state index contributed by atoms with van der Waals surface area (Å²) in [5.74, 6) is 1.27. The Morgan fingerprint density at radius 1 is 0.690 bits per heavy atom. The maximum absolute atomic E-state index is 6.00. The Hall–Kier alpha value is -2.55. The van der Waals surface area contributed by atoms with Gasteiger partial charge in [-0.2, -0.15) is 0 Å². The van der Waals surface area contributed by atoms with Crippen molar-refractivity contribution < 1.29 is 4.74 Å². The monoisotopic (exact) mass is 578 g/mol. The van der Waals surface area contributed by atoms with Gasteiger partial charge in [0, 0.05) is 16.1 Å². The topological polar surface area (TPSA) is 9.23 Å². The first-order chi connectivity index (χ1) is 20.1. The molecule has 0 radical (unpaired) electrons. The van der Waals surface area contributed by atoms with E-state index in [0.29, 0.717) is 0 Å². The van der Waals surface area contributed by atoms with E-state index in [1.807, 2.05) is 0 Å². The van der Waals surface area contributed by atoms with Crippen molar-refractivity contribution >= 4 is 15.6 Å². The molecule has 2 unspecified atom stereocenters. The fourth-order valence-electron chi connectivity index (χ4n) is 8.34.